The number of hydrogen-bond acceptors (Lipinski definition) is 7. The summed E-state index contributed by atoms with van der Waals surface area (Å²) in [4.78, 5) is 22.7. The number of rotatable bonds is 7. The van der Waals surface area contributed by atoms with Crippen LogP contribution in [0.3, 0.4) is 0 Å². The number of aryl methyl sites for hydroxylation is 1. The Balaban J connectivity index is 1.46. The molecule has 3 aromatic rings. The molecule has 1 N–H and O–H groups in total. The zero-order chi connectivity index (χ0) is 23.4. The van der Waals surface area contributed by atoms with E-state index in [-0.39, 0.29) is 0 Å². The lowest BCUT2D eigenvalue weighted by atomic mass is 10.0. The largest absolute Gasteiger partial charge is 0.363 e. The fourth-order valence-electron chi connectivity index (χ4n) is 4.15. The Morgan fingerprint density at radius 2 is 1.97 bits per heavy atom. The van der Waals surface area contributed by atoms with Crippen molar-refractivity contribution in [3.63, 3.8) is 0 Å². The number of likely N-dealkylation sites (N-methyl/N-ethyl adjacent to an activating group) is 1. The monoisotopic (exact) mass is 444 g/mol. The van der Waals surface area contributed by atoms with Gasteiger partial charge in [-0.1, -0.05) is 12.7 Å². The minimum atomic E-state index is 0.563. The first-order valence-corrected chi connectivity index (χ1v) is 11.2. The number of hydrogen-bond donors (Lipinski definition) is 1. The van der Waals surface area contributed by atoms with Gasteiger partial charge in [0, 0.05) is 69.6 Å². The maximum absolute atomic E-state index is 4.65. The van der Waals surface area contributed by atoms with Crippen molar-refractivity contribution < 1.29 is 0 Å². The number of aliphatic imine (C=N–C) groups is 1. The van der Waals surface area contributed by atoms with Crippen molar-refractivity contribution in [2.75, 3.05) is 57.0 Å². The van der Waals surface area contributed by atoms with Crippen LogP contribution < -0.4 is 10.2 Å². The summed E-state index contributed by atoms with van der Waals surface area (Å²) in [7, 11) is 3.97. The van der Waals surface area contributed by atoms with Crippen molar-refractivity contribution in [3.8, 4) is 0 Å². The van der Waals surface area contributed by atoms with E-state index >= 15 is 0 Å². The van der Waals surface area contributed by atoms with Crippen LogP contribution in [0.2, 0.25) is 0 Å². The molecule has 0 atom stereocenters. The Kier molecular flexibility index (Phi) is 6.84. The molecular weight excluding hydrogens is 412 g/mol. The number of imidazole rings is 1. The minimum Gasteiger partial charge on any atom is -0.363 e. The molecule has 172 valence electrons. The third-order valence-corrected chi connectivity index (χ3v) is 5.91. The number of allylic oxidation sites excluding steroid dienone is 1. The molecule has 1 aliphatic rings. The second-order valence-corrected chi connectivity index (χ2v) is 8.47. The molecule has 0 aromatic carbocycles. The molecule has 33 heavy (non-hydrogen) atoms. The summed E-state index contributed by atoms with van der Waals surface area (Å²) < 4.78 is 2.11. The van der Waals surface area contributed by atoms with Crippen LogP contribution in [0.1, 0.15) is 18.2 Å². The van der Waals surface area contributed by atoms with Crippen LogP contribution >= 0.6 is 0 Å². The first-order chi connectivity index (χ1) is 16.0. The third kappa shape index (κ3) is 5.12. The van der Waals surface area contributed by atoms with Crippen LogP contribution in [0.4, 0.5) is 11.6 Å². The first kappa shape index (κ1) is 22.7. The first-order valence-electron chi connectivity index (χ1n) is 11.2. The maximum atomic E-state index is 4.65. The minimum absolute atomic E-state index is 0.563. The highest BCUT2D eigenvalue weighted by Crippen LogP contribution is 2.22. The van der Waals surface area contributed by atoms with Gasteiger partial charge in [-0.2, -0.15) is 0 Å². The molecule has 0 radical (unpaired) electrons. The molecule has 0 amide bonds. The van der Waals surface area contributed by atoms with Crippen LogP contribution in [0, 0.1) is 6.92 Å². The smallest absolute Gasteiger partial charge is 0.181 e. The van der Waals surface area contributed by atoms with Gasteiger partial charge in [0.25, 0.3) is 0 Å². The van der Waals surface area contributed by atoms with Gasteiger partial charge in [0.15, 0.2) is 11.5 Å². The fourth-order valence-corrected chi connectivity index (χ4v) is 4.15. The Morgan fingerprint density at radius 3 is 2.70 bits per heavy atom. The van der Waals surface area contributed by atoms with E-state index in [1.165, 1.54) is 0 Å². The summed E-state index contributed by atoms with van der Waals surface area (Å²) in [5, 5.41) is 3.41. The van der Waals surface area contributed by atoms with Gasteiger partial charge in [-0.3, -0.25) is 14.4 Å². The quantitative estimate of drug-likeness (QED) is 0.446. The average Bonchev–Trinajstić information content (AvgIpc) is 3.23. The molecule has 1 saturated heterocycles. The number of nitrogens with one attached hydrogen (secondary N) is 1. The van der Waals surface area contributed by atoms with Gasteiger partial charge in [0.2, 0.25) is 0 Å². The van der Waals surface area contributed by atoms with Crippen LogP contribution in [0.25, 0.3) is 5.65 Å². The molecule has 8 nitrogen and oxygen atoms in total. The summed E-state index contributed by atoms with van der Waals surface area (Å²) >= 11 is 0. The van der Waals surface area contributed by atoms with E-state index in [0.717, 1.165) is 71.6 Å². The fraction of sp³-hybridized carbons (Fsp3) is 0.360. The van der Waals surface area contributed by atoms with Crippen molar-refractivity contribution >= 4 is 23.0 Å². The van der Waals surface area contributed by atoms with Crippen LogP contribution in [0.15, 0.2) is 65.7 Å². The van der Waals surface area contributed by atoms with E-state index < -0.39 is 0 Å². The van der Waals surface area contributed by atoms with Crippen LogP contribution in [0.5, 0.6) is 0 Å². The van der Waals surface area contributed by atoms with Gasteiger partial charge < -0.3 is 15.1 Å². The van der Waals surface area contributed by atoms with Crippen molar-refractivity contribution in [2.24, 2.45) is 4.99 Å². The van der Waals surface area contributed by atoms with E-state index in [2.05, 4.69) is 66.1 Å². The lowest BCUT2D eigenvalue weighted by Gasteiger charge is -2.33. The molecule has 3 aromatic heterocycles. The number of fused-ring (bicyclic) bond motifs is 1. The molecule has 0 unspecified atom stereocenters. The lowest BCUT2D eigenvalue weighted by Crippen LogP contribution is -2.44. The number of anilines is 2. The summed E-state index contributed by atoms with van der Waals surface area (Å²) in [6.07, 6.45) is 9.60. The predicted octanol–water partition coefficient (Wildman–Crippen LogP) is 3.22. The highest BCUT2D eigenvalue weighted by molar-refractivity contribution is 6.12. The molecule has 0 saturated carbocycles. The number of pyridine rings is 1. The maximum Gasteiger partial charge on any atom is 0.181 e. The summed E-state index contributed by atoms with van der Waals surface area (Å²) in [5.74, 6) is 1.86. The Bertz CT molecular complexity index is 1200. The topological polar surface area (TPSA) is 74.0 Å². The number of aromatic nitrogens is 4. The van der Waals surface area contributed by atoms with Crippen molar-refractivity contribution in [1.82, 2.24) is 24.3 Å². The lowest BCUT2D eigenvalue weighted by molar-refractivity contribution is 0.312. The average molecular weight is 445 g/mol. The third-order valence-electron chi connectivity index (χ3n) is 5.91. The van der Waals surface area contributed by atoms with Crippen LogP contribution in [-0.2, 0) is 0 Å². The molecule has 4 heterocycles. The van der Waals surface area contributed by atoms with Gasteiger partial charge >= 0.3 is 0 Å². The molecule has 1 fully saturated rings. The SMILES string of the molecule is C=C(/C=C(/C)C(=NC)c1ccnc(C)c1)CNc1nccn2c(N3CCN(C)CC3)cnc12. The van der Waals surface area contributed by atoms with Gasteiger partial charge in [0.05, 0.1) is 11.9 Å². The molecule has 0 bridgehead atoms. The van der Waals surface area contributed by atoms with Crippen molar-refractivity contribution in [1.29, 1.82) is 0 Å². The van der Waals surface area contributed by atoms with Gasteiger partial charge in [0.1, 0.15) is 5.82 Å². The van der Waals surface area contributed by atoms with E-state index in [4.69, 9.17) is 0 Å². The van der Waals surface area contributed by atoms with E-state index in [1.807, 2.05) is 50.9 Å². The molecule has 1 aliphatic heterocycles. The zero-order valence-corrected chi connectivity index (χ0v) is 19.9. The summed E-state index contributed by atoms with van der Waals surface area (Å²) in [6, 6.07) is 4.02. The summed E-state index contributed by atoms with van der Waals surface area (Å²) in [6.45, 7) is 12.9. The Hall–Kier alpha value is -3.52. The second kappa shape index (κ2) is 9.95. The van der Waals surface area contributed by atoms with Crippen molar-refractivity contribution in [2.45, 2.75) is 13.8 Å². The van der Waals surface area contributed by atoms with E-state index in [0.29, 0.717) is 6.54 Å². The molecule has 4 rings (SSSR count). The van der Waals surface area contributed by atoms with E-state index in [9.17, 15) is 0 Å². The molecule has 8 heteroatoms. The number of piperazine rings is 1. The Labute approximate surface area is 195 Å². The summed E-state index contributed by atoms with van der Waals surface area (Å²) in [5.41, 5.74) is 5.78. The van der Waals surface area contributed by atoms with Crippen molar-refractivity contribution in [3.05, 3.63) is 72.0 Å². The van der Waals surface area contributed by atoms with E-state index in [1.54, 1.807) is 0 Å². The normalized spacial score (nSPS) is 15.8. The van der Waals surface area contributed by atoms with Gasteiger partial charge in [-0.05, 0) is 44.2 Å². The van der Waals surface area contributed by atoms with Gasteiger partial charge in [-0.25, -0.2) is 9.97 Å². The highest BCUT2D eigenvalue weighted by atomic mass is 15.3. The number of nitrogens with zero attached hydrogens (tertiary/aromatic N) is 7. The highest BCUT2D eigenvalue weighted by Gasteiger charge is 2.18. The van der Waals surface area contributed by atoms with Crippen LogP contribution in [-0.4, -0.2) is 76.8 Å². The molecule has 0 aliphatic carbocycles. The standard InChI is InChI=1S/C25H32N8/c1-18(14-19(2)23(26-4)21-6-7-27-20(3)15-21)16-29-24-25-30-17-22(33(25)9-8-28-24)32-12-10-31(5)11-13-32/h6-9,14-15,17H,1,10-13,16H2,2-5H3,(H,28,29)/b19-14-,26-23?. The van der Waals surface area contributed by atoms with Gasteiger partial charge in [-0.15, -0.1) is 0 Å². The molecular formula is C25H32N8. The molecule has 0 spiro atoms. The Morgan fingerprint density at radius 1 is 1.18 bits per heavy atom. The predicted molar refractivity (Wildman–Crippen MR) is 136 cm³/mol. The second-order valence-electron chi connectivity index (χ2n) is 8.47. The zero-order valence-electron chi connectivity index (χ0n) is 19.9.